The fourth-order valence-electron chi connectivity index (χ4n) is 1.82. The van der Waals surface area contributed by atoms with Gasteiger partial charge in [0, 0.05) is 22.4 Å². The molecular formula is C15H8BrCl5N2O. The van der Waals surface area contributed by atoms with Gasteiger partial charge in [-0.1, -0.05) is 73.9 Å². The molecule has 0 saturated carbocycles. The monoisotopic (exact) mass is 486 g/mol. The first-order chi connectivity index (χ1) is 11.2. The number of nitrogens with one attached hydrogen (secondary N) is 1. The first-order valence-corrected chi connectivity index (χ1v) is 9.02. The molecule has 2 aromatic rings. The summed E-state index contributed by atoms with van der Waals surface area (Å²) in [6.45, 7) is 1.67. The largest absolute Gasteiger partial charge is 0.357 e. The molecule has 1 aromatic heterocycles. The lowest BCUT2D eigenvalue weighted by Crippen LogP contribution is -2.04. The van der Waals surface area contributed by atoms with Gasteiger partial charge in [0.2, 0.25) is 0 Å². The molecule has 0 spiro atoms. The smallest absolute Gasteiger partial charge is 0.192 e. The second-order valence-electron chi connectivity index (χ2n) is 4.65. The van der Waals surface area contributed by atoms with E-state index in [0.717, 1.165) is 4.47 Å². The summed E-state index contributed by atoms with van der Waals surface area (Å²) >= 11 is 33.4. The predicted octanol–water partition coefficient (Wildman–Crippen LogP) is 7.31. The topological polar surface area (TPSA) is 42.0 Å². The van der Waals surface area contributed by atoms with Crippen molar-refractivity contribution in [1.82, 2.24) is 4.98 Å². The van der Waals surface area contributed by atoms with E-state index in [0.29, 0.717) is 21.4 Å². The number of hydrogen-bond donors (Lipinski definition) is 1. The van der Waals surface area contributed by atoms with Crippen LogP contribution in [0.5, 0.6) is 0 Å². The Morgan fingerprint density at radius 1 is 1.12 bits per heavy atom. The number of ketones is 1. The van der Waals surface area contributed by atoms with Gasteiger partial charge in [-0.3, -0.25) is 4.79 Å². The van der Waals surface area contributed by atoms with Gasteiger partial charge in [0.05, 0.1) is 31.3 Å². The van der Waals surface area contributed by atoms with Crippen LogP contribution >= 0.6 is 73.9 Å². The van der Waals surface area contributed by atoms with E-state index in [1.54, 1.807) is 19.1 Å². The van der Waals surface area contributed by atoms with Gasteiger partial charge in [-0.05, 0) is 19.1 Å². The zero-order chi connectivity index (χ0) is 18.0. The SMILES string of the molecule is C/C(=C\C(=O)c1c(Cl)ncc(Cl)c1Cl)Nc1c(Cl)cc(Br)cc1Cl. The molecule has 0 unspecified atom stereocenters. The van der Waals surface area contributed by atoms with E-state index in [1.165, 1.54) is 12.3 Å². The maximum atomic E-state index is 12.4. The van der Waals surface area contributed by atoms with Gasteiger partial charge >= 0.3 is 0 Å². The Hall–Kier alpha value is -0.490. The zero-order valence-electron chi connectivity index (χ0n) is 11.9. The van der Waals surface area contributed by atoms with Crippen LogP contribution in [0.3, 0.4) is 0 Å². The second-order valence-corrected chi connectivity index (χ2v) is 7.52. The third-order valence-corrected chi connectivity index (χ3v) is 4.97. The fraction of sp³-hybridized carbons (Fsp3) is 0.0667. The van der Waals surface area contributed by atoms with E-state index in [1.807, 2.05) is 0 Å². The number of hydrogen-bond acceptors (Lipinski definition) is 3. The van der Waals surface area contributed by atoms with Gasteiger partial charge in [0.15, 0.2) is 5.78 Å². The Balaban J connectivity index is 2.33. The van der Waals surface area contributed by atoms with Crippen molar-refractivity contribution in [3.8, 4) is 0 Å². The maximum absolute atomic E-state index is 12.4. The first-order valence-electron chi connectivity index (χ1n) is 6.34. The minimum absolute atomic E-state index is 0.0278. The Kier molecular flexibility index (Phi) is 6.82. The highest BCUT2D eigenvalue weighted by Crippen LogP contribution is 2.35. The second kappa shape index (κ2) is 8.26. The van der Waals surface area contributed by atoms with Crippen molar-refractivity contribution < 1.29 is 4.79 Å². The lowest BCUT2D eigenvalue weighted by molar-refractivity contribution is 0.104. The third kappa shape index (κ3) is 4.57. The zero-order valence-corrected chi connectivity index (χ0v) is 17.3. The Morgan fingerprint density at radius 3 is 2.29 bits per heavy atom. The standard InChI is InChI=1S/C15H8BrCl5N2O/c1-6(23-14-8(17)3-7(16)4-9(14)18)2-11(24)12-13(20)10(19)5-22-15(12)21/h2-5,23H,1H3/b6-2+. The molecule has 0 amide bonds. The van der Waals surface area contributed by atoms with Crippen molar-refractivity contribution in [3.05, 3.63) is 65.4 Å². The Morgan fingerprint density at radius 2 is 1.71 bits per heavy atom. The molecule has 126 valence electrons. The number of nitrogens with zero attached hydrogens (tertiary/aromatic N) is 1. The maximum Gasteiger partial charge on any atom is 0.192 e. The number of pyridine rings is 1. The van der Waals surface area contributed by atoms with Crippen LogP contribution in [-0.2, 0) is 0 Å². The summed E-state index contributed by atoms with van der Waals surface area (Å²) in [6.07, 6.45) is 2.58. The van der Waals surface area contributed by atoms with Crippen LogP contribution in [0.1, 0.15) is 17.3 Å². The van der Waals surface area contributed by atoms with Crippen LogP contribution in [-0.4, -0.2) is 10.8 Å². The van der Waals surface area contributed by atoms with Crippen LogP contribution in [0.25, 0.3) is 0 Å². The minimum atomic E-state index is -0.450. The van der Waals surface area contributed by atoms with E-state index < -0.39 is 5.78 Å². The van der Waals surface area contributed by atoms with Gasteiger partial charge < -0.3 is 5.32 Å². The fourth-order valence-corrected chi connectivity index (χ4v) is 3.78. The number of rotatable bonds is 4. The van der Waals surface area contributed by atoms with Crippen LogP contribution in [0.4, 0.5) is 5.69 Å². The van der Waals surface area contributed by atoms with Gasteiger partial charge in [0.1, 0.15) is 5.15 Å². The molecule has 1 N–H and O–H groups in total. The molecule has 0 fully saturated rings. The Bertz CT molecular complexity index is 831. The molecule has 0 atom stereocenters. The summed E-state index contributed by atoms with van der Waals surface area (Å²) < 4.78 is 0.740. The molecule has 2 rings (SSSR count). The van der Waals surface area contributed by atoms with E-state index in [9.17, 15) is 4.79 Å². The normalized spacial score (nSPS) is 11.5. The molecule has 24 heavy (non-hydrogen) atoms. The van der Waals surface area contributed by atoms with Gasteiger partial charge in [-0.15, -0.1) is 0 Å². The van der Waals surface area contributed by atoms with E-state index in [-0.39, 0.29) is 20.8 Å². The highest BCUT2D eigenvalue weighted by molar-refractivity contribution is 9.10. The molecule has 3 nitrogen and oxygen atoms in total. The van der Waals surface area contributed by atoms with E-state index in [4.69, 9.17) is 58.0 Å². The van der Waals surface area contributed by atoms with Crippen LogP contribution in [0.15, 0.2) is 34.6 Å². The number of benzene rings is 1. The Labute approximate surface area is 172 Å². The molecule has 0 radical (unpaired) electrons. The van der Waals surface area contributed by atoms with Crippen molar-refractivity contribution in [2.24, 2.45) is 0 Å². The van der Waals surface area contributed by atoms with E-state index in [2.05, 4.69) is 26.2 Å². The van der Waals surface area contributed by atoms with Gasteiger partial charge in [-0.25, -0.2) is 4.98 Å². The molecule has 1 heterocycles. The molecule has 9 heteroatoms. The van der Waals surface area contributed by atoms with Crippen LogP contribution in [0, 0.1) is 0 Å². The van der Waals surface area contributed by atoms with Gasteiger partial charge in [0.25, 0.3) is 0 Å². The van der Waals surface area contributed by atoms with Crippen molar-refractivity contribution >= 4 is 85.4 Å². The van der Waals surface area contributed by atoms with Crippen molar-refractivity contribution in [2.75, 3.05) is 5.32 Å². The van der Waals surface area contributed by atoms with Crippen LogP contribution in [0.2, 0.25) is 25.2 Å². The molecule has 1 aromatic carbocycles. The number of allylic oxidation sites excluding steroid dienone is 2. The number of carbonyl (C=O) groups excluding carboxylic acids is 1. The molecular weight excluding hydrogens is 481 g/mol. The summed E-state index contributed by atoms with van der Waals surface area (Å²) in [5, 5.41) is 3.93. The molecule has 0 aliphatic heterocycles. The minimum Gasteiger partial charge on any atom is -0.357 e. The number of aromatic nitrogens is 1. The van der Waals surface area contributed by atoms with Crippen molar-refractivity contribution in [1.29, 1.82) is 0 Å². The van der Waals surface area contributed by atoms with Crippen molar-refractivity contribution in [3.63, 3.8) is 0 Å². The number of anilines is 1. The lowest BCUT2D eigenvalue weighted by atomic mass is 10.1. The average molecular weight is 489 g/mol. The lowest BCUT2D eigenvalue weighted by Gasteiger charge is -2.11. The molecule has 0 aliphatic carbocycles. The molecule has 0 saturated heterocycles. The summed E-state index contributed by atoms with van der Waals surface area (Å²) in [5.74, 6) is -0.450. The van der Waals surface area contributed by atoms with Crippen LogP contribution < -0.4 is 5.32 Å². The quantitative estimate of drug-likeness (QED) is 0.278. The summed E-state index contributed by atoms with van der Waals surface area (Å²) in [4.78, 5) is 16.2. The summed E-state index contributed by atoms with van der Waals surface area (Å²) in [6, 6.07) is 3.36. The van der Waals surface area contributed by atoms with Gasteiger partial charge in [-0.2, -0.15) is 0 Å². The average Bonchev–Trinajstić information content (AvgIpc) is 2.47. The molecule has 0 aliphatic rings. The third-order valence-electron chi connectivity index (χ3n) is 2.85. The number of halogens is 6. The number of carbonyl (C=O) groups is 1. The highest BCUT2D eigenvalue weighted by atomic mass is 79.9. The van der Waals surface area contributed by atoms with Crippen molar-refractivity contribution in [2.45, 2.75) is 6.92 Å². The van der Waals surface area contributed by atoms with E-state index >= 15 is 0 Å². The first kappa shape index (κ1) is 19.8. The molecule has 0 bridgehead atoms. The predicted molar refractivity (Wildman–Crippen MR) is 105 cm³/mol. The summed E-state index contributed by atoms with van der Waals surface area (Å²) in [7, 11) is 0. The highest BCUT2D eigenvalue weighted by Gasteiger charge is 2.17. The summed E-state index contributed by atoms with van der Waals surface area (Å²) in [5.41, 5.74) is 0.989.